The van der Waals surface area contributed by atoms with Crippen molar-refractivity contribution in [2.75, 3.05) is 4.72 Å². The van der Waals surface area contributed by atoms with E-state index in [0.717, 1.165) is 12.1 Å². The fourth-order valence-corrected chi connectivity index (χ4v) is 5.04. The van der Waals surface area contributed by atoms with Crippen LogP contribution in [0.5, 0.6) is 5.75 Å². The highest BCUT2D eigenvalue weighted by molar-refractivity contribution is 7.92. The zero-order valence-electron chi connectivity index (χ0n) is 22.6. The fourth-order valence-electron chi connectivity index (χ4n) is 4.06. The molecular formula is C28H20F3N7O5S. The summed E-state index contributed by atoms with van der Waals surface area (Å²) in [6.07, 6.45) is -2.83. The van der Waals surface area contributed by atoms with Gasteiger partial charge in [0.1, 0.15) is 23.8 Å². The largest absolute Gasteiger partial charge is 0.486 e. The van der Waals surface area contributed by atoms with Crippen LogP contribution in [0.4, 0.5) is 19.0 Å². The molecule has 0 aliphatic rings. The standard InChI is InChI=1S/C28H20F3N7O5S/c1-17-14-25(34-42-17)36-44(39,40)22-12-10-21(11-13-22)38-15-20(33-37-38)16-41-24-5-3-2-4-23(24)27-32-26(35-43-27)18-6-8-19(9-7-18)28(29,30)31/h2-15H,16H2,1H3,(H,34,36). The predicted molar refractivity (Wildman–Crippen MR) is 148 cm³/mol. The second-order valence-corrected chi connectivity index (χ2v) is 11.0. The first-order chi connectivity index (χ1) is 21.0. The van der Waals surface area contributed by atoms with Crippen LogP contribution in [-0.2, 0) is 22.8 Å². The Morgan fingerprint density at radius 2 is 1.70 bits per heavy atom. The number of para-hydroxylation sites is 1. The lowest BCUT2D eigenvalue weighted by Crippen LogP contribution is -2.13. The molecule has 0 amide bonds. The fraction of sp³-hybridized carbons (Fsp3) is 0.107. The van der Waals surface area contributed by atoms with Crippen LogP contribution in [-0.4, -0.2) is 38.7 Å². The molecule has 3 aromatic heterocycles. The van der Waals surface area contributed by atoms with Gasteiger partial charge in [0.05, 0.1) is 27.9 Å². The monoisotopic (exact) mass is 623 g/mol. The SMILES string of the molecule is Cc1cc(NS(=O)(=O)c2ccc(-n3cc(COc4ccccc4-c4nc(-c5ccc(C(F)(F)F)cc5)no4)nn3)cc2)no1. The van der Waals surface area contributed by atoms with E-state index < -0.39 is 21.8 Å². The van der Waals surface area contributed by atoms with Crippen molar-refractivity contribution < 1.29 is 35.4 Å². The summed E-state index contributed by atoms with van der Waals surface area (Å²) in [4.78, 5) is 4.34. The molecule has 0 atom stereocenters. The van der Waals surface area contributed by atoms with Crippen LogP contribution < -0.4 is 9.46 Å². The van der Waals surface area contributed by atoms with Gasteiger partial charge < -0.3 is 13.8 Å². The minimum Gasteiger partial charge on any atom is -0.486 e. The van der Waals surface area contributed by atoms with Crippen LogP contribution in [0, 0.1) is 6.92 Å². The number of rotatable bonds is 9. The molecule has 6 aromatic rings. The van der Waals surface area contributed by atoms with Crippen molar-refractivity contribution >= 4 is 15.8 Å². The van der Waals surface area contributed by atoms with Crippen molar-refractivity contribution in [2.24, 2.45) is 0 Å². The van der Waals surface area contributed by atoms with E-state index in [4.69, 9.17) is 13.8 Å². The molecule has 16 heteroatoms. The van der Waals surface area contributed by atoms with E-state index in [0.29, 0.717) is 34.0 Å². The Morgan fingerprint density at radius 3 is 2.41 bits per heavy atom. The van der Waals surface area contributed by atoms with E-state index in [1.165, 1.54) is 35.0 Å². The molecule has 0 saturated carbocycles. The van der Waals surface area contributed by atoms with Crippen molar-refractivity contribution in [3.63, 3.8) is 0 Å². The molecule has 3 aromatic carbocycles. The highest BCUT2D eigenvalue weighted by Crippen LogP contribution is 2.33. The Hall–Kier alpha value is -5.51. The van der Waals surface area contributed by atoms with Gasteiger partial charge in [-0.25, -0.2) is 13.1 Å². The Bertz CT molecular complexity index is 2020. The lowest BCUT2D eigenvalue weighted by molar-refractivity contribution is -0.137. The van der Waals surface area contributed by atoms with Gasteiger partial charge in [-0.15, -0.1) is 5.10 Å². The number of ether oxygens (including phenoxy) is 1. The normalized spacial score (nSPS) is 11.9. The lowest BCUT2D eigenvalue weighted by atomic mass is 10.1. The minimum absolute atomic E-state index is 0.0182. The highest BCUT2D eigenvalue weighted by atomic mass is 32.2. The van der Waals surface area contributed by atoms with E-state index in [1.54, 1.807) is 49.5 Å². The summed E-state index contributed by atoms with van der Waals surface area (Å²) < 4.78 is 84.0. The lowest BCUT2D eigenvalue weighted by Gasteiger charge is -2.07. The molecule has 0 bridgehead atoms. The molecule has 6 rings (SSSR count). The molecule has 44 heavy (non-hydrogen) atoms. The third kappa shape index (κ3) is 6.14. The molecule has 12 nitrogen and oxygen atoms in total. The topological polar surface area (TPSA) is 151 Å². The number of aryl methyl sites for hydroxylation is 1. The summed E-state index contributed by atoms with van der Waals surface area (Å²) in [5, 5.41) is 15.7. The van der Waals surface area contributed by atoms with E-state index in [9.17, 15) is 21.6 Å². The van der Waals surface area contributed by atoms with Crippen molar-refractivity contribution in [1.29, 1.82) is 0 Å². The van der Waals surface area contributed by atoms with Gasteiger partial charge in [0, 0.05) is 11.6 Å². The number of benzene rings is 3. The van der Waals surface area contributed by atoms with Gasteiger partial charge in [0.25, 0.3) is 15.9 Å². The zero-order valence-corrected chi connectivity index (χ0v) is 23.4. The molecule has 224 valence electrons. The van der Waals surface area contributed by atoms with Crippen molar-refractivity contribution in [3.05, 3.63) is 102 Å². The summed E-state index contributed by atoms with van der Waals surface area (Å²) in [5.74, 6) is 1.17. The number of nitrogens with zero attached hydrogens (tertiary/aromatic N) is 6. The van der Waals surface area contributed by atoms with Crippen LogP contribution in [0.25, 0.3) is 28.5 Å². The van der Waals surface area contributed by atoms with Crippen molar-refractivity contribution in [2.45, 2.75) is 24.6 Å². The zero-order chi connectivity index (χ0) is 30.9. The molecule has 1 N–H and O–H groups in total. The van der Waals surface area contributed by atoms with Crippen LogP contribution in [0.15, 0.2) is 99.0 Å². The average molecular weight is 624 g/mol. The van der Waals surface area contributed by atoms with E-state index in [1.807, 2.05) is 0 Å². The summed E-state index contributed by atoms with van der Waals surface area (Å²) in [5.41, 5.74) is 1.07. The third-order valence-corrected chi connectivity index (χ3v) is 7.58. The third-order valence-electron chi connectivity index (χ3n) is 6.21. The number of nitrogens with one attached hydrogen (secondary N) is 1. The molecule has 0 radical (unpaired) electrons. The maximum absolute atomic E-state index is 12.9. The van der Waals surface area contributed by atoms with Gasteiger partial charge in [0.2, 0.25) is 5.82 Å². The summed E-state index contributed by atoms with van der Waals surface area (Å²) >= 11 is 0. The van der Waals surface area contributed by atoms with Crippen LogP contribution in [0.3, 0.4) is 0 Å². The van der Waals surface area contributed by atoms with Crippen LogP contribution in [0.1, 0.15) is 17.0 Å². The first kappa shape index (κ1) is 28.6. The number of sulfonamides is 1. The summed E-state index contributed by atoms with van der Waals surface area (Å²) in [6.45, 7) is 1.67. The quantitative estimate of drug-likeness (QED) is 0.213. The Labute approximate surface area is 247 Å². The Morgan fingerprint density at radius 1 is 0.955 bits per heavy atom. The van der Waals surface area contributed by atoms with Gasteiger partial charge in [-0.05, 0) is 55.5 Å². The molecule has 0 aliphatic carbocycles. The van der Waals surface area contributed by atoms with Crippen molar-refractivity contribution in [3.8, 4) is 34.3 Å². The molecule has 0 spiro atoms. The Balaban J connectivity index is 1.13. The van der Waals surface area contributed by atoms with E-state index in [2.05, 4.69) is 30.3 Å². The minimum atomic E-state index is -4.45. The maximum Gasteiger partial charge on any atom is 0.416 e. The highest BCUT2D eigenvalue weighted by Gasteiger charge is 2.30. The molecule has 0 unspecified atom stereocenters. The number of hydrogen-bond acceptors (Lipinski definition) is 10. The number of hydrogen-bond donors (Lipinski definition) is 1. The van der Waals surface area contributed by atoms with Crippen molar-refractivity contribution in [1.82, 2.24) is 30.3 Å². The second-order valence-electron chi connectivity index (χ2n) is 9.36. The first-order valence-electron chi connectivity index (χ1n) is 12.8. The van der Waals surface area contributed by atoms with Gasteiger partial charge in [-0.3, -0.25) is 4.72 Å². The number of anilines is 1. The number of alkyl halides is 3. The van der Waals surface area contributed by atoms with Gasteiger partial charge in [-0.2, -0.15) is 18.2 Å². The smallest absolute Gasteiger partial charge is 0.416 e. The molecule has 0 aliphatic heterocycles. The molecular weight excluding hydrogens is 603 g/mol. The van der Waals surface area contributed by atoms with E-state index >= 15 is 0 Å². The number of aromatic nitrogens is 6. The molecule has 0 saturated heterocycles. The number of halogens is 3. The maximum atomic E-state index is 12.9. The average Bonchev–Trinajstić information content (AvgIpc) is 3.77. The van der Waals surface area contributed by atoms with E-state index in [-0.39, 0.29) is 29.0 Å². The summed E-state index contributed by atoms with van der Waals surface area (Å²) in [6, 6.07) is 18.8. The second kappa shape index (κ2) is 11.3. The predicted octanol–water partition coefficient (Wildman–Crippen LogP) is 5.68. The van der Waals surface area contributed by atoms with Gasteiger partial charge in [0.15, 0.2) is 5.82 Å². The summed E-state index contributed by atoms with van der Waals surface area (Å²) in [7, 11) is -3.88. The van der Waals surface area contributed by atoms with Gasteiger partial charge >= 0.3 is 6.18 Å². The van der Waals surface area contributed by atoms with Crippen LogP contribution >= 0.6 is 0 Å². The van der Waals surface area contributed by atoms with Gasteiger partial charge in [-0.1, -0.05) is 39.8 Å². The van der Waals surface area contributed by atoms with Crippen LogP contribution in [0.2, 0.25) is 0 Å². The Kier molecular flexibility index (Phi) is 7.34. The first-order valence-corrected chi connectivity index (χ1v) is 14.2. The molecule has 3 heterocycles. The molecule has 0 fully saturated rings.